The number of carbonyl (C=O) groups excluding carboxylic acids is 3. The first-order chi connectivity index (χ1) is 13.4. The van der Waals surface area contributed by atoms with Crippen molar-refractivity contribution in [1.29, 1.82) is 0 Å². The van der Waals surface area contributed by atoms with E-state index in [0.29, 0.717) is 34.9 Å². The summed E-state index contributed by atoms with van der Waals surface area (Å²) in [7, 11) is 0. The molecule has 0 radical (unpaired) electrons. The summed E-state index contributed by atoms with van der Waals surface area (Å²) >= 11 is 9.39. The van der Waals surface area contributed by atoms with Gasteiger partial charge in [-0.2, -0.15) is 0 Å². The Hall–Kier alpha value is -2.38. The van der Waals surface area contributed by atoms with Gasteiger partial charge in [-0.25, -0.2) is 0 Å². The minimum Gasteiger partial charge on any atom is -0.351 e. The number of halogens is 2. The third-order valence-electron chi connectivity index (χ3n) is 4.33. The molecular weight excluding hydrogens is 446 g/mol. The molecular formula is C20H19BrClN3O3. The van der Waals surface area contributed by atoms with E-state index in [1.54, 1.807) is 35.2 Å². The lowest BCUT2D eigenvalue weighted by Crippen LogP contribution is -2.31. The Morgan fingerprint density at radius 3 is 2.57 bits per heavy atom. The fraction of sp³-hybridized carbons (Fsp3) is 0.250. The molecule has 0 spiro atoms. The summed E-state index contributed by atoms with van der Waals surface area (Å²) in [6.45, 7) is 0.742. The van der Waals surface area contributed by atoms with Crippen LogP contribution < -0.4 is 15.5 Å². The topological polar surface area (TPSA) is 78.5 Å². The second kappa shape index (κ2) is 9.21. The summed E-state index contributed by atoms with van der Waals surface area (Å²) in [4.78, 5) is 38.3. The summed E-state index contributed by atoms with van der Waals surface area (Å²) in [5.74, 6) is -0.568. The number of nitrogens with zero attached hydrogens (tertiary/aromatic N) is 1. The smallest absolute Gasteiger partial charge is 0.253 e. The summed E-state index contributed by atoms with van der Waals surface area (Å²) in [5, 5.41) is 5.96. The third kappa shape index (κ3) is 5.11. The Morgan fingerprint density at radius 2 is 1.89 bits per heavy atom. The van der Waals surface area contributed by atoms with Gasteiger partial charge in [0.25, 0.3) is 5.91 Å². The summed E-state index contributed by atoms with van der Waals surface area (Å²) in [6, 6.07) is 12.1. The molecule has 2 N–H and O–H groups in total. The van der Waals surface area contributed by atoms with Gasteiger partial charge in [0.15, 0.2) is 0 Å². The van der Waals surface area contributed by atoms with Crippen LogP contribution in [0, 0.1) is 0 Å². The molecule has 0 atom stereocenters. The molecule has 0 aliphatic carbocycles. The highest BCUT2D eigenvalue weighted by atomic mass is 79.9. The average Bonchev–Trinajstić information content (AvgIpc) is 3.09. The second-order valence-electron chi connectivity index (χ2n) is 6.37. The Morgan fingerprint density at radius 1 is 1.14 bits per heavy atom. The molecule has 0 aromatic heterocycles. The van der Waals surface area contributed by atoms with Crippen LogP contribution in [0.3, 0.4) is 0 Å². The molecule has 2 aromatic rings. The predicted octanol–water partition coefficient (Wildman–Crippen LogP) is 3.99. The lowest BCUT2D eigenvalue weighted by Gasteiger charge is -2.19. The van der Waals surface area contributed by atoms with Gasteiger partial charge in [-0.1, -0.05) is 27.5 Å². The first kappa shape index (κ1) is 20.4. The highest BCUT2D eigenvalue weighted by Gasteiger charge is 2.26. The molecule has 3 amide bonds. The molecule has 8 heteroatoms. The molecule has 1 saturated heterocycles. The number of rotatable bonds is 6. The van der Waals surface area contributed by atoms with Crippen LogP contribution in [0.2, 0.25) is 5.02 Å². The van der Waals surface area contributed by atoms with E-state index >= 15 is 0 Å². The van der Waals surface area contributed by atoms with Crippen molar-refractivity contribution in [2.75, 3.05) is 23.3 Å². The Bertz CT molecular complexity index is 902. The van der Waals surface area contributed by atoms with Crippen molar-refractivity contribution in [3.8, 4) is 0 Å². The van der Waals surface area contributed by atoms with Gasteiger partial charge in [0.2, 0.25) is 11.8 Å². The van der Waals surface area contributed by atoms with Crippen molar-refractivity contribution < 1.29 is 14.4 Å². The number of carbonyl (C=O) groups is 3. The molecule has 2 aromatic carbocycles. The zero-order valence-electron chi connectivity index (χ0n) is 15.0. The Kier molecular flexibility index (Phi) is 6.70. The van der Waals surface area contributed by atoms with E-state index in [1.807, 2.05) is 12.1 Å². The van der Waals surface area contributed by atoms with Crippen LogP contribution in [0.5, 0.6) is 0 Å². The van der Waals surface area contributed by atoms with E-state index in [9.17, 15) is 14.4 Å². The number of nitrogens with one attached hydrogen (secondary N) is 2. The van der Waals surface area contributed by atoms with Crippen LogP contribution >= 0.6 is 27.5 Å². The van der Waals surface area contributed by atoms with Crippen molar-refractivity contribution in [3.05, 3.63) is 57.5 Å². The number of anilines is 2. The molecule has 6 nitrogen and oxygen atoms in total. The molecule has 1 fully saturated rings. The van der Waals surface area contributed by atoms with Gasteiger partial charge >= 0.3 is 0 Å². The standard InChI is InChI=1S/C20H19BrClN3O3/c21-13-3-6-15(7-4-13)24-18(26)9-10-23-20(28)16-8-5-14(22)12-17(16)25-11-1-2-19(25)27/h3-8,12H,1-2,9-11H2,(H,23,28)(H,24,26). The minimum atomic E-state index is -0.345. The van der Waals surface area contributed by atoms with Gasteiger partial charge in [-0.15, -0.1) is 0 Å². The number of benzene rings is 2. The second-order valence-corrected chi connectivity index (χ2v) is 7.72. The van der Waals surface area contributed by atoms with Gasteiger partial charge in [0.05, 0.1) is 11.3 Å². The van der Waals surface area contributed by atoms with Crippen LogP contribution in [-0.2, 0) is 9.59 Å². The van der Waals surface area contributed by atoms with E-state index in [4.69, 9.17) is 11.6 Å². The van der Waals surface area contributed by atoms with E-state index in [0.717, 1.165) is 10.9 Å². The number of amides is 3. The SMILES string of the molecule is O=C(CCNC(=O)c1ccc(Cl)cc1N1CCCC1=O)Nc1ccc(Br)cc1. The molecule has 0 unspecified atom stereocenters. The molecule has 0 bridgehead atoms. The maximum Gasteiger partial charge on any atom is 0.253 e. The largest absolute Gasteiger partial charge is 0.351 e. The van der Waals surface area contributed by atoms with Crippen molar-refractivity contribution in [2.24, 2.45) is 0 Å². The van der Waals surface area contributed by atoms with E-state index in [1.165, 1.54) is 0 Å². The summed E-state index contributed by atoms with van der Waals surface area (Å²) in [6.07, 6.45) is 1.35. The zero-order valence-corrected chi connectivity index (χ0v) is 17.3. The molecule has 1 aliphatic rings. The van der Waals surface area contributed by atoms with Crippen LogP contribution in [-0.4, -0.2) is 30.8 Å². The first-order valence-electron chi connectivity index (χ1n) is 8.87. The zero-order chi connectivity index (χ0) is 20.1. The predicted molar refractivity (Wildman–Crippen MR) is 113 cm³/mol. The molecule has 0 saturated carbocycles. The summed E-state index contributed by atoms with van der Waals surface area (Å²) in [5.41, 5.74) is 1.56. The van der Waals surface area contributed by atoms with Crippen molar-refractivity contribution in [1.82, 2.24) is 5.32 Å². The Labute approximate surface area is 176 Å². The Balaban J connectivity index is 1.58. The average molecular weight is 465 g/mol. The first-order valence-corrected chi connectivity index (χ1v) is 10.0. The molecule has 146 valence electrons. The van der Waals surface area contributed by atoms with Gasteiger partial charge in [-0.05, 0) is 48.9 Å². The van der Waals surface area contributed by atoms with E-state index in [2.05, 4.69) is 26.6 Å². The normalized spacial score (nSPS) is 13.5. The lowest BCUT2D eigenvalue weighted by atomic mass is 10.1. The number of hydrogen-bond donors (Lipinski definition) is 2. The lowest BCUT2D eigenvalue weighted by molar-refractivity contribution is -0.117. The van der Waals surface area contributed by atoms with Gasteiger partial charge < -0.3 is 15.5 Å². The molecule has 3 rings (SSSR count). The van der Waals surface area contributed by atoms with Gasteiger partial charge in [-0.3, -0.25) is 14.4 Å². The third-order valence-corrected chi connectivity index (χ3v) is 5.10. The van der Waals surface area contributed by atoms with Crippen molar-refractivity contribution in [2.45, 2.75) is 19.3 Å². The van der Waals surface area contributed by atoms with Crippen LogP contribution in [0.1, 0.15) is 29.6 Å². The van der Waals surface area contributed by atoms with Gasteiger partial charge in [0, 0.05) is 41.1 Å². The van der Waals surface area contributed by atoms with Crippen LogP contribution in [0.4, 0.5) is 11.4 Å². The quantitative estimate of drug-likeness (QED) is 0.678. The van der Waals surface area contributed by atoms with Crippen LogP contribution in [0.15, 0.2) is 46.9 Å². The highest BCUT2D eigenvalue weighted by molar-refractivity contribution is 9.10. The van der Waals surface area contributed by atoms with Crippen molar-refractivity contribution >= 4 is 56.6 Å². The van der Waals surface area contributed by atoms with Gasteiger partial charge in [0.1, 0.15) is 0 Å². The summed E-state index contributed by atoms with van der Waals surface area (Å²) < 4.78 is 0.924. The number of hydrogen-bond acceptors (Lipinski definition) is 3. The fourth-order valence-electron chi connectivity index (χ4n) is 2.96. The fourth-order valence-corrected chi connectivity index (χ4v) is 3.40. The molecule has 1 heterocycles. The maximum atomic E-state index is 12.6. The monoisotopic (exact) mass is 463 g/mol. The molecule has 1 aliphatic heterocycles. The van der Waals surface area contributed by atoms with Crippen LogP contribution in [0.25, 0.3) is 0 Å². The minimum absolute atomic E-state index is 0.0230. The van der Waals surface area contributed by atoms with E-state index < -0.39 is 0 Å². The van der Waals surface area contributed by atoms with Crippen molar-refractivity contribution in [3.63, 3.8) is 0 Å². The molecule has 28 heavy (non-hydrogen) atoms. The maximum absolute atomic E-state index is 12.6. The van der Waals surface area contributed by atoms with E-state index in [-0.39, 0.29) is 30.7 Å². The highest BCUT2D eigenvalue weighted by Crippen LogP contribution is 2.28.